The molecule has 2 heterocycles. The van der Waals surface area contributed by atoms with E-state index in [1.165, 1.54) is 0 Å². The number of nitrogen functional groups attached to an aromatic ring is 1. The Bertz CT molecular complexity index is 552. The van der Waals surface area contributed by atoms with E-state index >= 15 is 0 Å². The lowest BCUT2D eigenvalue weighted by molar-refractivity contribution is 0.405. The van der Waals surface area contributed by atoms with Gasteiger partial charge in [0.2, 0.25) is 10.0 Å². The maximum Gasteiger partial charge on any atom is 0.248 e. The van der Waals surface area contributed by atoms with Crippen LogP contribution < -0.4 is 5.73 Å². The highest BCUT2D eigenvalue weighted by Crippen LogP contribution is 2.30. The summed E-state index contributed by atoms with van der Waals surface area (Å²) in [5, 5.41) is 4.07. The molecular weight excluding hydrogens is 264 g/mol. The van der Waals surface area contributed by atoms with Gasteiger partial charge < -0.3 is 5.73 Å². The molecule has 6 nitrogen and oxygen atoms in total. The van der Waals surface area contributed by atoms with Crippen LogP contribution in [-0.2, 0) is 16.6 Å². The van der Waals surface area contributed by atoms with Crippen molar-refractivity contribution in [3.05, 3.63) is 6.20 Å². The van der Waals surface area contributed by atoms with E-state index in [4.69, 9.17) is 5.73 Å². The van der Waals surface area contributed by atoms with Gasteiger partial charge in [0.15, 0.2) is 5.82 Å². The maximum atomic E-state index is 12.6. The number of hydrogen-bond acceptors (Lipinski definition) is 4. The molecule has 19 heavy (non-hydrogen) atoms. The summed E-state index contributed by atoms with van der Waals surface area (Å²) in [6, 6.07) is 0.0222. The molecule has 2 rings (SSSR count). The number of aromatic nitrogens is 2. The van der Waals surface area contributed by atoms with Crippen molar-refractivity contribution in [2.45, 2.75) is 51.1 Å². The van der Waals surface area contributed by atoms with E-state index in [9.17, 15) is 8.42 Å². The second kappa shape index (κ2) is 5.13. The van der Waals surface area contributed by atoms with Gasteiger partial charge in [-0.1, -0.05) is 13.8 Å². The van der Waals surface area contributed by atoms with Gasteiger partial charge in [-0.15, -0.1) is 0 Å². The topological polar surface area (TPSA) is 81.2 Å². The lowest BCUT2D eigenvalue weighted by Gasteiger charge is -2.20. The molecule has 0 aliphatic carbocycles. The summed E-state index contributed by atoms with van der Waals surface area (Å²) in [5.41, 5.74) is 5.77. The van der Waals surface area contributed by atoms with Crippen molar-refractivity contribution < 1.29 is 8.42 Å². The molecule has 1 aliphatic heterocycles. The summed E-state index contributed by atoms with van der Waals surface area (Å²) >= 11 is 0. The lowest BCUT2D eigenvalue weighted by atomic mass is 10.1. The van der Waals surface area contributed by atoms with Gasteiger partial charge in [0, 0.05) is 25.3 Å². The second-order valence-corrected chi connectivity index (χ2v) is 7.27. The SMILES string of the molecule is CCCn1cc(S(=O)(=O)N2CC(C)CC2C)c(N)n1. The number of rotatable bonds is 4. The molecule has 0 spiro atoms. The summed E-state index contributed by atoms with van der Waals surface area (Å²) in [6.45, 7) is 7.24. The molecule has 0 saturated carbocycles. The molecule has 0 aromatic carbocycles. The Labute approximate surface area is 114 Å². The van der Waals surface area contributed by atoms with Gasteiger partial charge in [-0.2, -0.15) is 9.40 Å². The molecule has 1 aromatic rings. The van der Waals surface area contributed by atoms with Crippen LogP contribution in [0.5, 0.6) is 0 Å². The number of nitrogens with zero attached hydrogens (tertiary/aromatic N) is 3. The van der Waals surface area contributed by atoms with Crippen molar-refractivity contribution in [3.8, 4) is 0 Å². The Morgan fingerprint density at radius 1 is 1.47 bits per heavy atom. The Balaban J connectivity index is 2.34. The normalized spacial score (nSPS) is 25.0. The molecule has 0 bridgehead atoms. The number of hydrogen-bond donors (Lipinski definition) is 1. The van der Waals surface area contributed by atoms with E-state index in [-0.39, 0.29) is 16.8 Å². The average molecular weight is 286 g/mol. The maximum absolute atomic E-state index is 12.6. The molecule has 2 N–H and O–H groups in total. The van der Waals surface area contributed by atoms with E-state index in [2.05, 4.69) is 12.0 Å². The van der Waals surface area contributed by atoms with E-state index in [0.29, 0.717) is 19.0 Å². The first-order valence-electron chi connectivity index (χ1n) is 6.71. The monoisotopic (exact) mass is 286 g/mol. The largest absolute Gasteiger partial charge is 0.381 e. The van der Waals surface area contributed by atoms with Gasteiger partial charge in [0.1, 0.15) is 4.90 Å². The number of anilines is 1. The lowest BCUT2D eigenvalue weighted by Crippen LogP contribution is -2.34. The van der Waals surface area contributed by atoms with Crippen molar-refractivity contribution in [2.75, 3.05) is 12.3 Å². The van der Waals surface area contributed by atoms with Crippen LogP contribution in [0.3, 0.4) is 0 Å². The van der Waals surface area contributed by atoms with Gasteiger partial charge in [0.05, 0.1) is 0 Å². The van der Waals surface area contributed by atoms with E-state index < -0.39 is 10.0 Å². The third-order valence-electron chi connectivity index (χ3n) is 3.52. The van der Waals surface area contributed by atoms with Gasteiger partial charge in [0.25, 0.3) is 0 Å². The van der Waals surface area contributed by atoms with Crippen LogP contribution in [0.25, 0.3) is 0 Å². The van der Waals surface area contributed by atoms with Crippen LogP contribution in [0.4, 0.5) is 5.82 Å². The molecule has 2 unspecified atom stereocenters. The summed E-state index contributed by atoms with van der Waals surface area (Å²) < 4.78 is 28.4. The summed E-state index contributed by atoms with van der Waals surface area (Å²) in [7, 11) is -3.52. The van der Waals surface area contributed by atoms with Gasteiger partial charge in [-0.05, 0) is 25.7 Å². The highest BCUT2D eigenvalue weighted by molar-refractivity contribution is 7.89. The van der Waals surface area contributed by atoms with Crippen LogP contribution >= 0.6 is 0 Å². The van der Waals surface area contributed by atoms with E-state index in [1.807, 2.05) is 13.8 Å². The van der Waals surface area contributed by atoms with Gasteiger partial charge in [-0.25, -0.2) is 8.42 Å². The Hall–Kier alpha value is -1.08. The van der Waals surface area contributed by atoms with Crippen LogP contribution in [-0.4, -0.2) is 35.1 Å². The van der Waals surface area contributed by atoms with Crippen LogP contribution in [0.15, 0.2) is 11.1 Å². The zero-order valence-electron chi connectivity index (χ0n) is 11.7. The number of aryl methyl sites for hydroxylation is 1. The van der Waals surface area contributed by atoms with Crippen molar-refractivity contribution in [2.24, 2.45) is 5.92 Å². The standard InChI is InChI=1S/C12H22N4O2S/c1-4-5-15-8-11(12(13)14-15)19(17,18)16-7-9(2)6-10(16)3/h8-10H,4-7H2,1-3H3,(H2,13,14). The fourth-order valence-electron chi connectivity index (χ4n) is 2.68. The molecule has 1 fully saturated rings. The minimum absolute atomic E-state index is 0.0222. The first-order chi connectivity index (χ1) is 8.86. The number of sulfonamides is 1. The summed E-state index contributed by atoms with van der Waals surface area (Å²) in [5.74, 6) is 0.483. The highest BCUT2D eigenvalue weighted by atomic mass is 32.2. The van der Waals surface area contributed by atoms with Crippen molar-refractivity contribution >= 4 is 15.8 Å². The molecular formula is C12H22N4O2S. The summed E-state index contributed by atoms with van der Waals surface area (Å²) in [6.07, 6.45) is 3.32. The van der Waals surface area contributed by atoms with E-state index in [0.717, 1.165) is 12.8 Å². The second-order valence-electron chi connectivity index (χ2n) is 5.41. The molecule has 0 amide bonds. The summed E-state index contributed by atoms with van der Waals surface area (Å²) in [4.78, 5) is 0.141. The van der Waals surface area contributed by atoms with Crippen molar-refractivity contribution in [3.63, 3.8) is 0 Å². The fourth-order valence-corrected chi connectivity index (χ4v) is 4.51. The molecule has 108 valence electrons. The van der Waals surface area contributed by atoms with E-state index in [1.54, 1.807) is 15.2 Å². The fraction of sp³-hybridized carbons (Fsp3) is 0.750. The average Bonchev–Trinajstić information content (AvgIpc) is 2.83. The van der Waals surface area contributed by atoms with Crippen molar-refractivity contribution in [1.29, 1.82) is 0 Å². The first-order valence-corrected chi connectivity index (χ1v) is 8.15. The molecule has 2 atom stereocenters. The third-order valence-corrected chi connectivity index (χ3v) is 5.52. The Morgan fingerprint density at radius 3 is 2.68 bits per heavy atom. The Morgan fingerprint density at radius 2 is 2.16 bits per heavy atom. The first kappa shape index (κ1) is 14.3. The number of nitrogens with two attached hydrogens (primary N) is 1. The highest BCUT2D eigenvalue weighted by Gasteiger charge is 2.37. The van der Waals surface area contributed by atoms with Crippen LogP contribution in [0, 0.1) is 5.92 Å². The molecule has 1 saturated heterocycles. The van der Waals surface area contributed by atoms with Crippen molar-refractivity contribution in [1.82, 2.24) is 14.1 Å². The molecule has 0 radical (unpaired) electrons. The van der Waals surface area contributed by atoms with Gasteiger partial charge >= 0.3 is 0 Å². The molecule has 1 aliphatic rings. The molecule has 7 heteroatoms. The van der Waals surface area contributed by atoms with Gasteiger partial charge in [-0.3, -0.25) is 4.68 Å². The van der Waals surface area contributed by atoms with Crippen LogP contribution in [0.1, 0.15) is 33.6 Å². The van der Waals surface area contributed by atoms with Crippen LogP contribution in [0.2, 0.25) is 0 Å². The predicted molar refractivity (Wildman–Crippen MR) is 74.1 cm³/mol. The Kier molecular flexibility index (Phi) is 3.87. The quantitative estimate of drug-likeness (QED) is 0.904. The zero-order chi connectivity index (χ0) is 14.2. The third kappa shape index (κ3) is 2.62. The predicted octanol–water partition coefficient (Wildman–Crippen LogP) is 1.29. The smallest absolute Gasteiger partial charge is 0.248 e. The zero-order valence-corrected chi connectivity index (χ0v) is 12.5. The minimum atomic E-state index is -3.52. The molecule has 1 aromatic heterocycles. The minimum Gasteiger partial charge on any atom is -0.381 e.